The predicted molar refractivity (Wildman–Crippen MR) is 111 cm³/mol. The minimum atomic E-state index is 0.735. The zero-order chi connectivity index (χ0) is 18.3. The Labute approximate surface area is 163 Å². The number of nitrogens with zero attached hydrogens (tertiary/aromatic N) is 3. The van der Waals surface area contributed by atoms with E-state index in [1.54, 1.807) is 0 Å². The van der Waals surface area contributed by atoms with Crippen LogP contribution in [0.3, 0.4) is 0 Å². The molecule has 1 aliphatic rings. The van der Waals surface area contributed by atoms with Crippen molar-refractivity contribution in [1.82, 2.24) is 14.3 Å². The molecule has 1 aromatic carbocycles. The van der Waals surface area contributed by atoms with Crippen LogP contribution in [-0.4, -0.2) is 27.4 Å². The van der Waals surface area contributed by atoms with E-state index in [1.165, 1.54) is 12.1 Å². The van der Waals surface area contributed by atoms with Gasteiger partial charge in [-0.25, -0.2) is 4.98 Å². The highest BCUT2D eigenvalue weighted by atomic mass is 79.9. The number of aromatic nitrogens is 2. The van der Waals surface area contributed by atoms with Gasteiger partial charge in [-0.2, -0.15) is 0 Å². The largest absolute Gasteiger partial charge is 0.398 e. The number of benzene rings is 1. The van der Waals surface area contributed by atoms with Crippen LogP contribution in [0.4, 0.5) is 5.69 Å². The second-order valence-electron chi connectivity index (χ2n) is 7.74. The van der Waals surface area contributed by atoms with Crippen LogP contribution in [0.25, 0.3) is 16.9 Å². The molecule has 0 radical (unpaired) electrons. The smallest absolute Gasteiger partial charge is 0.137 e. The molecule has 5 heteroatoms. The molecule has 0 amide bonds. The van der Waals surface area contributed by atoms with Crippen LogP contribution in [0, 0.1) is 11.8 Å². The summed E-state index contributed by atoms with van der Waals surface area (Å²) in [5.41, 5.74) is 11.2. The summed E-state index contributed by atoms with van der Waals surface area (Å²) in [6.45, 7) is 7.87. The van der Waals surface area contributed by atoms with Crippen LogP contribution >= 0.6 is 15.9 Å². The van der Waals surface area contributed by atoms with E-state index in [1.807, 2.05) is 18.3 Å². The van der Waals surface area contributed by atoms with E-state index in [4.69, 9.17) is 10.7 Å². The van der Waals surface area contributed by atoms with Crippen LogP contribution in [0.2, 0.25) is 0 Å². The molecule has 1 fully saturated rings. The standard InChI is InChI=1S/C21H25BrN4/c1-14-9-15(2)11-25(10-14)13-19-21(16-3-5-17(22)6-4-16)24-20-8-7-18(23)12-26(19)20/h3-8,12,14-15H,9-11,13,23H2,1-2H3. The first kappa shape index (κ1) is 17.6. The molecule has 0 aliphatic carbocycles. The summed E-state index contributed by atoms with van der Waals surface area (Å²) in [6, 6.07) is 12.3. The van der Waals surface area contributed by atoms with Gasteiger partial charge in [0.25, 0.3) is 0 Å². The number of nitrogens with two attached hydrogens (primary N) is 1. The molecule has 4 rings (SSSR count). The van der Waals surface area contributed by atoms with Gasteiger partial charge < -0.3 is 10.1 Å². The summed E-state index contributed by atoms with van der Waals surface area (Å²) < 4.78 is 3.24. The first-order chi connectivity index (χ1) is 12.5. The highest BCUT2D eigenvalue weighted by molar-refractivity contribution is 9.10. The molecule has 3 heterocycles. The van der Waals surface area contributed by atoms with E-state index in [0.717, 1.165) is 58.5 Å². The molecule has 0 bridgehead atoms. The van der Waals surface area contributed by atoms with Crippen LogP contribution in [0.5, 0.6) is 0 Å². The summed E-state index contributed by atoms with van der Waals surface area (Å²) in [5, 5.41) is 0. The van der Waals surface area contributed by atoms with Gasteiger partial charge in [-0.15, -0.1) is 0 Å². The Bertz CT molecular complexity index is 906. The fourth-order valence-electron chi connectivity index (χ4n) is 4.23. The Balaban J connectivity index is 1.78. The Morgan fingerprint density at radius 2 is 1.77 bits per heavy atom. The van der Waals surface area contributed by atoms with Crippen LogP contribution in [-0.2, 0) is 6.54 Å². The van der Waals surface area contributed by atoms with Crippen LogP contribution in [0.15, 0.2) is 47.1 Å². The van der Waals surface area contributed by atoms with Gasteiger partial charge >= 0.3 is 0 Å². The maximum absolute atomic E-state index is 6.07. The lowest BCUT2D eigenvalue weighted by Crippen LogP contribution is -2.38. The third-order valence-electron chi connectivity index (χ3n) is 5.18. The second-order valence-corrected chi connectivity index (χ2v) is 8.66. The molecule has 1 saturated heterocycles. The minimum Gasteiger partial charge on any atom is -0.398 e. The van der Waals surface area contributed by atoms with Gasteiger partial charge in [0.2, 0.25) is 0 Å². The summed E-state index contributed by atoms with van der Waals surface area (Å²) in [6.07, 6.45) is 3.31. The first-order valence-electron chi connectivity index (χ1n) is 9.24. The molecule has 3 aromatic rings. The lowest BCUT2D eigenvalue weighted by atomic mass is 9.92. The number of hydrogen-bond donors (Lipinski definition) is 1. The SMILES string of the molecule is CC1CC(C)CN(Cc2c(-c3ccc(Br)cc3)nc3ccc(N)cn23)C1. The van der Waals surface area contributed by atoms with Crippen molar-refractivity contribution in [2.75, 3.05) is 18.8 Å². The fraction of sp³-hybridized carbons (Fsp3) is 0.381. The lowest BCUT2D eigenvalue weighted by Gasteiger charge is -2.35. The predicted octanol–water partition coefficient (Wildman–Crippen LogP) is 4.82. The number of halogens is 1. The van der Waals surface area contributed by atoms with Gasteiger partial charge in [0.1, 0.15) is 5.65 Å². The highest BCUT2D eigenvalue weighted by Crippen LogP contribution is 2.29. The van der Waals surface area contributed by atoms with Crippen LogP contribution < -0.4 is 5.73 Å². The fourth-order valence-corrected chi connectivity index (χ4v) is 4.50. The van der Waals surface area contributed by atoms with Crippen molar-refractivity contribution in [3.8, 4) is 11.3 Å². The maximum Gasteiger partial charge on any atom is 0.137 e. The molecule has 2 N–H and O–H groups in total. The molecule has 2 aromatic heterocycles. The van der Waals surface area contributed by atoms with E-state index in [0.29, 0.717) is 0 Å². The molecule has 2 unspecified atom stereocenters. The summed E-state index contributed by atoms with van der Waals surface area (Å²) in [7, 11) is 0. The molecule has 136 valence electrons. The van der Waals surface area contributed by atoms with Crippen molar-refractivity contribution in [2.24, 2.45) is 11.8 Å². The molecule has 1 aliphatic heterocycles. The monoisotopic (exact) mass is 412 g/mol. The Hall–Kier alpha value is -1.85. The number of hydrogen-bond acceptors (Lipinski definition) is 3. The van der Waals surface area contributed by atoms with Crippen molar-refractivity contribution < 1.29 is 0 Å². The van der Waals surface area contributed by atoms with Gasteiger partial charge in [-0.05, 0) is 42.5 Å². The topological polar surface area (TPSA) is 46.6 Å². The van der Waals surface area contributed by atoms with E-state index in [2.05, 4.69) is 63.3 Å². The van der Waals surface area contributed by atoms with Gasteiger partial charge in [0.15, 0.2) is 0 Å². The van der Waals surface area contributed by atoms with E-state index >= 15 is 0 Å². The van der Waals surface area contributed by atoms with Crippen molar-refractivity contribution in [2.45, 2.75) is 26.8 Å². The molecule has 2 atom stereocenters. The Morgan fingerprint density at radius 3 is 2.46 bits per heavy atom. The number of rotatable bonds is 3. The summed E-state index contributed by atoms with van der Waals surface area (Å²) in [5.74, 6) is 1.47. The average Bonchev–Trinajstić information content (AvgIpc) is 2.92. The maximum atomic E-state index is 6.07. The zero-order valence-electron chi connectivity index (χ0n) is 15.3. The van der Waals surface area contributed by atoms with E-state index in [-0.39, 0.29) is 0 Å². The average molecular weight is 413 g/mol. The Morgan fingerprint density at radius 1 is 1.08 bits per heavy atom. The quantitative estimate of drug-likeness (QED) is 0.670. The molecular weight excluding hydrogens is 388 g/mol. The van der Waals surface area contributed by atoms with Crippen molar-refractivity contribution in [3.63, 3.8) is 0 Å². The zero-order valence-corrected chi connectivity index (χ0v) is 16.9. The van der Waals surface area contributed by atoms with Crippen molar-refractivity contribution in [3.05, 3.63) is 52.8 Å². The van der Waals surface area contributed by atoms with E-state index in [9.17, 15) is 0 Å². The molecule has 26 heavy (non-hydrogen) atoms. The number of anilines is 1. The highest BCUT2D eigenvalue weighted by Gasteiger charge is 2.24. The summed E-state index contributed by atoms with van der Waals surface area (Å²) in [4.78, 5) is 7.49. The van der Waals surface area contributed by atoms with Gasteiger partial charge in [0, 0.05) is 41.6 Å². The summed E-state index contributed by atoms with van der Waals surface area (Å²) >= 11 is 3.52. The van der Waals surface area contributed by atoms with Gasteiger partial charge in [-0.3, -0.25) is 4.90 Å². The lowest BCUT2D eigenvalue weighted by molar-refractivity contribution is 0.133. The van der Waals surface area contributed by atoms with Crippen molar-refractivity contribution >= 4 is 27.3 Å². The normalized spacial score (nSPS) is 21.3. The molecule has 0 saturated carbocycles. The van der Waals surface area contributed by atoms with Crippen LogP contribution in [0.1, 0.15) is 26.0 Å². The van der Waals surface area contributed by atoms with Crippen molar-refractivity contribution in [1.29, 1.82) is 0 Å². The number of imidazole rings is 1. The third-order valence-corrected chi connectivity index (χ3v) is 5.70. The Kier molecular flexibility index (Phi) is 4.76. The molecule has 0 spiro atoms. The third kappa shape index (κ3) is 3.51. The number of likely N-dealkylation sites (tertiary alicyclic amines) is 1. The number of fused-ring (bicyclic) bond motifs is 1. The molecular formula is C21H25BrN4. The van der Waals surface area contributed by atoms with Gasteiger partial charge in [0.05, 0.1) is 11.4 Å². The number of pyridine rings is 1. The van der Waals surface area contributed by atoms with Gasteiger partial charge in [-0.1, -0.05) is 41.9 Å². The first-order valence-corrected chi connectivity index (χ1v) is 10.0. The van der Waals surface area contributed by atoms with E-state index < -0.39 is 0 Å². The second kappa shape index (κ2) is 7.05. The molecule has 4 nitrogen and oxygen atoms in total. The minimum absolute atomic E-state index is 0.735. The number of nitrogen functional groups attached to an aromatic ring is 1. The number of piperidine rings is 1.